The second-order valence-electron chi connectivity index (χ2n) is 5.49. The van der Waals surface area contributed by atoms with Crippen LogP contribution in [-0.4, -0.2) is 13.1 Å². The molecule has 1 atom stereocenters. The van der Waals surface area contributed by atoms with Gasteiger partial charge in [0.1, 0.15) is 11.6 Å². The van der Waals surface area contributed by atoms with Crippen LogP contribution in [0.5, 0.6) is 0 Å². The van der Waals surface area contributed by atoms with Gasteiger partial charge in [0.25, 0.3) is 0 Å². The molecule has 0 aromatic heterocycles. The standard InChI is InChI=1S/C17H18F2N2/c18-14-7-12(8-15(19)9-14)10-21-11-13(5-6-20)16-3-1-2-4-17(16)21/h1-4,7-9,13H,5-6,10-11,20H2. The fourth-order valence-corrected chi connectivity index (χ4v) is 3.10. The summed E-state index contributed by atoms with van der Waals surface area (Å²) in [5.74, 6) is -0.670. The number of rotatable bonds is 4. The van der Waals surface area contributed by atoms with E-state index >= 15 is 0 Å². The summed E-state index contributed by atoms with van der Waals surface area (Å²) < 4.78 is 26.6. The number of benzene rings is 2. The van der Waals surface area contributed by atoms with Crippen LogP contribution >= 0.6 is 0 Å². The minimum Gasteiger partial charge on any atom is -0.366 e. The first kappa shape index (κ1) is 14.0. The lowest BCUT2D eigenvalue weighted by Crippen LogP contribution is -2.22. The van der Waals surface area contributed by atoms with Crippen molar-refractivity contribution in [3.8, 4) is 0 Å². The molecule has 0 aliphatic carbocycles. The van der Waals surface area contributed by atoms with Crippen molar-refractivity contribution in [2.75, 3.05) is 18.0 Å². The number of fused-ring (bicyclic) bond motifs is 1. The van der Waals surface area contributed by atoms with Gasteiger partial charge in [0.15, 0.2) is 0 Å². The number of para-hydroxylation sites is 1. The van der Waals surface area contributed by atoms with Crippen LogP contribution in [-0.2, 0) is 6.54 Å². The third-order valence-corrected chi connectivity index (χ3v) is 3.97. The molecule has 0 saturated heterocycles. The van der Waals surface area contributed by atoms with E-state index in [-0.39, 0.29) is 0 Å². The van der Waals surface area contributed by atoms with Gasteiger partial charge in [-0.1, -0.05) is 18.2 Å². The van der Waals surface area contributed by atoms with E-state index in [1.165, 1.54) is 17.7 Å². The van der Waals surface area contributed by atoms with Crippen LogP contribution in [0.2, 0.25) is 0 Å². The minimum atomic E-state index is -0.531. The Morgan fingerprint density at radius 1 is 1.10 bits per heavy atom. The van der Waals surface area contributed by atoms with E-state index in [0.29, 0.717) is 24.6 Å². The lowest BCUT2D eigenvalue weighted by Gasteiger charge is -2.20. The molecule has 1 heterocycles. The van der Waals surface area contributed by atoms with Gasteiger partial charge in [-0.3, -0.25) is 0 Å². The molecule has 2 nitrogen and oxygen atoms in total. The molecule has 0 radical (unpaired) electrons. The highest BCUT2D eigenvalue weighted by Gasteiger charge is 2.27. The third-order valence-electron chi connectivity index (χ3n) is 3.97. The maximum Gasteiger partial charge on any atom is 0.126 e. The van der Waals surface area contributed by atoms with Gasteiger partial charge in [0.05, 0.1) is 0 Å². The van der Waals surface area contributed by atoms with Gasteiger partial charge in [-0.15, -0.1) is 0 Å². The van der Waals surface area contributed by atoms with Gasteiger partial charge in [-0.2, -0.15) is 0 Å². The number of hydrogen-bond donors (Lipinski definition) is 1. The van der Waals surface area contributed by atoms with Gasteiger partial charge in [0.2, 0.25) is 0 Å². The second kappa shape index (κ2) is 5.82. The summed E-state index contributed by atoms with van der Waals surface area (Å²) in [7, 11) is 0. The Kier molecular flexibility index (Phi) is 3.88. The molecule has 0 fully saturated rings. The Labute approximate surface area is 123 Å². The van der Waals surface area contributed by atoms with Crippen molar-refractivity contribution in [1.82, 2.24) is 0 Å². The molecule has 3 rings (SSSR count). The maximum absolute atomic E-state index is 13.3. The Morgan fingerprint density at radius 2 is 1.81 bits per heavy atom. The van der Waals surface area contributed by atoms with E-state index in [2.05, 4.69) is 17.0 Å². The predicted octanol–water partition coefficient (Wildman–Crippen LogP) is 3.42. The Morgan fingerprint density at radius 3 is 2.52 bits per heavy atom. The van der Waals surface area contributed by atoms with Gasteiger partial charge < -0.3 is 10.6 Å². The zero-order valence-electron chi connectivity index (χ0n) is 11.7. The van der Waals surface area contributed by atoms with E-state index in [0.717, 1.165) is 24.7 Å². The van der Waals surface area contributed by atoms with Crippen LogP contribution in [0.3, 0.4) is 0 Å². The first-order valence-electron chi connectivity index (χ1n) is 7.16. The topological polar surface area (TPSA) is 29.3 Å². The number of nitrogens with two attached hydrogens (primary N) is 1. The van der Waals surface area contributed by atoms with Crippen molar-refractivity contribution in [1.29, 1.82) is 0 Å². The van der Waals surface area contributed by atoms with E-state index in [4.69, 9.17) is 5.73 Å². The van der Waals surface area contributed by atoms with Crippen molar-refractivity contribution in [3.05, 3.63) is 65.2 Å². The molecule has 1 aliphatic rings. The minimum absolute atomic E-state index is 0.393. The summed E-state index contributed by atoms with van der Waals surface area (Å²) in [6.45, 7) is 1.99. The van der Waals surface area contributed by atoms with E-state index in [9.17, 15) is 8.78 Å². The van der Waals surface area contributed by atoms with Crippen LogP contribution < -0.4 is 10.6 Å². The van der Waals surface area contributed by atoms with Crippen LogP contribution in [0, 0.1) is 11.6 Å². The summed E-state index contributed by atoms with van der Waals surface area (Å²) in [5, 5.41) is 0. The predicted molar refractivity (Wildman–Crippen MR) is 80.3 cm³/mol. The number of nitrogens with zero attached hydrogens (tertiary/aromatic N) is 1. The molecule has 1 aliphatic heterocycles. The average Bonchev–Trinajstić information content (AvgIpc) is 2.77. The molecule has 1 unspecified atom stereocenters. The number of halogens is 2. The van der Waals surface area contributed by atoms with Crippen molar-refractivity contribution >= 4 is 5.69 Å². The molecule has 110 valence electrons. The lowest BCUT2D eigenvalue weighted by molar-refractivity contribution is 0.577. The quantitative estimate of drug-likeness (QED) is 0.934. The molecular weight excluding hydrogens is 270 g/mol. The lowest BCUT2D eigenvalue weighted by atomic mass is 9.98. The van der Waals surface area contributed by atoms with Gasteiger partial charge in [0, 0.05) is 30.8 Å². The van der Waals surface area contributed by atoms with Gasteiger partial charge in [-0.25, -0.2) is 8.78 Å². The monoisotopic (exact) mass is 288 g/mol. The summed E-state index contributed by atoms with van der Waals surface area (Å²) in [5.41, 5.74) is 8.75. The van der Waals surface area contributed by atoms with E-state index < -0.39 is 11.6 Å². The summed E-state index contributed by atoms with van der Waals surface area (Å²) in [4.78, 5) is 2.17. The highest BCUT2D eigenvalue weighted by molar-refractivity contribution is 5.60. The highest BCUT2D eigenvalue weighted by atomic mass is 19.1. The van der Waals surface area contributed by atoms with E-state index in [1.807, 2.05) is 12.1 Å². The smallest absolute Gasteiger partial charge is 0.126 e. The number of anilines is 1. The molecule has 2 aromatic rings. The molecule has 0 amide bonds. The molecule has 21 heavy (non-hydrogen) atoms. The van der Waals surface area contributed by atoms with Crippen LogP contribution in [0.4, 0.5) is 14.5 Å². The Bertz CT molecular complexity index is 622. The second-order valence-corrected chi connectivity index (χ2v) is 5.49. The molecule has 2 N–H and O–H groups in total. The molecule has 2 aromatic carbocycles. The van der Waals surface area contributed by atoms with Crippen molar-refractivity contribution in [2.45, 2.75) is 18.9 Å². The average molecular weight is 288 g/mol. The zero-order chi connectivity index (χ0) is 14.8. The molecule has 0 saturated carbocycles. The SMILES string of the molecule is NCCC1CN(Cc2cc(F)cc(F)c2)c2ccccc21. The zero-order valence-corrected chi connectivity index (χ0v) is 11.7. The largest absolute Gasteiger partial charge is 0.366 e. The van der Waals surface area contributed by atoms with E-state index in [1.54, 1.807) is 0 Å². The van der Waals surface area contributed by atoms with Crippen LogP contribution in [0.15, 0.2) is 42.5 Å². The van der Waals surface area contributed by atoms with Crippen LogP contribution in [0.25, 0.3) is 0 Å². The highest BCUT2D eigenvalue weighted by Crippen LogP contribution is 2.38. The fourth-order valence-electron chi connectivity index (χ4n) is 3.10. The molecule has 4 heteroatoms. The summed E-state index contributed by atoms with van der Waals surface area (Å²) in [6, 6.07) is 11.9. The summed E-state index contributed by atoms with van der Waals surface area (Å²) in [6.07, 6.45) is 0.922. The molecule has 0 bridgehead atoms. The Balaban J connectivity index is 1.86. The molecular formula is C17H18F2N2. The first-order valence-corrected chi connectivity index (χ1v) is 7.16. The van der Waals surface area contributed by atoms with Crippen molar-refractivity contribution in [2.24, 2.45) is 5.73 Å². The number of hydrogen-bond acceptors (Lipinski definition) is 2. The van der Waals surface area contributed by atoms with Crippen LogP contribution in [0.1, 0.15) is 23.5 Å². The third kappa shape index (κ3) is 2.90. The molecule has 0 spiro atoms. The van der Waals surface area contributed by atoms with Crippen molar-refractivity contribution < 1.29 is 8.78 Å². The van der Waals surface area contributed by atoms with Gasteiger partial charge in [-0.05, 0) is 42.3 Å². The fraction of sp³-hybridized carbons (Fsp3) is 0.294. The first-order chi connectivity index (χ1) is 10.2. The maximum atomic E-state index is 13.3. The van der Waals surface area contributed by atoms with Crippen molar-refractivity contribution in [3.63, 3.8) is 0 Å². The Hall–Kier alpha value is -1.94. The normalized spacial score (nSPS) is 17.1. The summed E-state index contributed by atoms with van der Waals surface area (Å²) >= 11 is 0. The van der Waals surface area contributed by atoms with Gasteiger partial charge >= 0.3 is 0 Å².